The van der Waals surface area contributed by atoms with Crippen molar-refractivity contribution in [3.8, 4) is 0 Å². The lowest BCUT2D eigenvalue weighted by molar-refractivity contribution is 0.0952. The number of benzene rings is 1. The number of hydrogen-bond acceptors (Lipinski definition) is 3. The van der Waals surface area contributed by atoms with Gasteiger partial charge in [0.15, 0.2) is 0 Å². The average Bonchev–Trinajstić information content (AvgIpc) is 2.87. The first-order valence-electron chi connectivity index (χ1n) is 5.74. The van der Waals surface area contributed by atoms with Crippen molar-refractivity contribution in [1.29, 1.82) is 0 Å². The number of rotatable bonds is 5. The van der Waals surface area contributed by atoms with Crippen molar-refractivity contribution in [2.75, 3.05) is 6.54 Å². The van der Waals surface area contributed by atoms with E-state index >= 15 is 0 Å². The molecule has 0 unspecified atom stereocenters. The zero-order valence-corrected chi connectivity index (χ0v) is 13.2. The number of nitrogens with zero attached hydrogens (tertiary/aromatic N) is 2. The van der Waals surface area contributed by atoms with Crippen molar-refractivity contribution in [3.05, 3.63) is 44.9 Å². The van der Waals surface area contributed by atoms with Crippen LogP contribution in [0.1, 0.15) is 22.6 Å². The number of nitrogens with one attached hydrogen (secondary N) is 2. The van der Waals surface area contributed by atoms with Gasteiger partial charge in [-0.2, -0.15) is 5.10 Å². The van der Waals surface area contributed by atoms with Gasteiger partial charge in [0, 0.05) is 21.9 Å². The van der Waals surface area contributed by atoms with E-state index in [-0.39, 0.29) is 5.91 Å². The van der Waals surface area contributed by atoms with Gasteiger partial charge < -0.3 is 5.32 Å². The predicted octanol–water partition coefficient (Wildman–Crippen LogP) is 2.69. The maximum absolute atomic E-state index is 11.9. The third kappa shape index (κ3) is 4.14. The Hall–Kier alpha value is -1.21. The molecule has 1 aromatic carbocycles. The summed E-state index contributed by atoms with van der Waals surface area (Å²) in [5.74, 6) is 0.746. The fourth-order valence-electron chi connectivity index (χ4n) is 1.58. The van der Waals surface area contributed by atoms with E-state index in [0.29, 0.717) is 12.1 Å². The summed E-state index contributed by atoms with van der Waals surface area (Å²) < 4.78 is 1.70. The van der Waals surface area contributed by atoms with Crippen LogP contribution in [0.25, 0.3) is 0 Å². The Morgan fingerprint density at radius 1 is 1.37 bits per heavy atom. The first-order valence-corrected chi connectivity index (χ1v) is 7.33. The van der Waals surface area contributed by atoms with Gasteiger partial charge in [-0.25, -0.2) is 4.98 Å². The summed E-state index contributed by atoms with van der Waals surface area (Å²) in [6.45, 7) is 0.599. The molecule has 2 aromatic rings. The van der Waals surface area contributed by atoms with Crippen molar-refractivity contribution in [2.24, 2.45) is 0 Å². The Kier molecular flexibility index (Phi) is 5.09. The molecular weight excluding hydrogens is 376 g/mol. The Bertz CT molecular complexity index is 557. The molecule has 0 atom stereocenters. The fraction of sp³-hybridized carbons (Fsp3) is 0.250. The molecule has 0 spiro atoms. The third-order valence-corrected chi connectivity index (χ3v) is 3.67. The monoisotopic (exact) mass is 386 g/mol. The van der Waals surface area contributed by atoms with Gasteiger partial charge in [0.05, 0.1) is 5.56 Å². The summed E-state index contributed by atoms with van der Waals surface area (Å²) in [6, 6.07) is 5.47. The highest BCUT2D eigenvalue weighted by molar-refractivity contribution is 9.11. The van der Waals surface area contributed by atoms with E-state index in [0.717, 1.165) is 27.6 Å². The van der Waals surface area contributed by atoms with Crippen molar-refractivity contribution >= 4 is 37.8 Å². The smallest absolute Gasteiger partial charge is 0.252 e. The van der Waals surface area contributed by atoms with Gasteiger partial charge >= 0.3 is 0 Å². The number of H-pyrrole nitrogens is 1. The van der Waals surface area contributed by atoms with E-state index in [1.165, 1.54) is 6.33 Å². The number of aromatic nitrogens is 3. The molecule has 1 amide bonds. The Morgan fingerprint density at radius 3 is 2.89 bits per heavy atom. The molecule has 7 heteroatoms. The van der Waals surface area contributed by atoms with E-state index in [1.54, 1.807) is 6.07 Å². The maximum atomic E-state index is 11.9. The fourth-order valence-corrected chi connectivity index (χ4v) is 2.80. The largest absolute Gasteiger partial charge is 0.352 e. The molecule has 0 bridgehead atoms. The Morgan fingerprint density at radius 2 is 2.21 bits per heavy atom. The number of carbonyl (C=O) groups excluding carboxylic acids is 1. The second-order valence-electron chi connectivity index (χ2n) is 3.92. The minimum Gasteiger partial charge on any atom is -0.352 e. The molecule has 0 saturated heterocycles. The minimum atomic E-state index is -0.0862. The summed E-state index contributed by atoms with van der Waals surface area (Å²) >= 11 is 6.73. The molecule has 0 saturated carbocycles. The van der Waals surface area contributed by atoms with Crippen LogP contribution >= 0.6 is 31.9 Å². The summed E-state index contributed by atoms with van der Waals surface area (Å²) in [6.07, 6.45) is 3.06. The SMILES string of the molecule is O=C(NCCCc1ncn[nH]1)c1ccc(Br)cc1Br. The summed E-state index contributed by atoms with van der Waals surface area (Å²) in [4.78, 5) is 16.0. The average molecular weight is 388 g/mol. The molecule has 0 aliphatic rings. The lowest BCUT2D eigenvalue weighted by atomic mass is 10.2. The lowest BCUT2D eigenvalue weighted by Gasteiger charge is -2.06. The molecule has 2 rings (SSSR count). The molecule has 2 N–H and O–H groups in total. The molecule has 0 radical (unpaired) electrons. The van der Waals surface area contributed by atoms with Gasteiger partial charge in [-0.05, 0) is 40.5 Å². The zero-order chi connectivity index (χ0) is 13.7. The topological polar surface area (TPSA) is 70.7 Å². The summed E-state index contributed by atoms with van der Waals surface area (Å²) in [7, 11) is 0. The highest BCUT2D eigenvalue weighted by Crippen LogP contribution is 2.21. The number of aryl methyl sites for hydroxylation is 1. The van der Waals surface area contributed by atoms with Crippen LogP contribution in [0.3, 0.4) is 0 Å². The van der Waals surface area contributed by atoms with Gasteiger partial charge in [-0.1, -0.05) is 15.9 Å². The first kappa shape index (κ1) is 14.2. The molecular formula is C12H12Br2N4O. The van der Waals surface area contributed by atoms with Gasteiger partial charge in [0.1, 0.15) is 12.2 Å². The molecule has 19 heavy (non-hydrogen) atoms. The standard InChI is InChI=1S/C12H12Br2N4O/c13-8-3-4-9(10(14)6-8)12(19)15-5-1-2-11-16-7-17-18-11/h3-4,6-7H,1-2,5H2,(H,15,19)(H,16,17,18). The van der Waals surface area contributed by atoms with E-state index < -0.39 is 0 Å². The molecule has 0 fully saturated rings. The van der Waals surface area contributed by atoms with Gasteiger partial charge in [-0.15, -0.1) is 0 Å². The highest BCUT2D eigenvalue weighted by atomic mass is 79.9. The maximum Gasteiger partial charge on any atom is 0.252 e. The van der Waals surface area contributed by atoms with Gasteiger partial charge in [0.25, 0.3) is 5.91 Å². The number of carbonyl (C=O) groups is 1. The highest BCUT2D eigenvalue weighted by Gasteiger charge is 2.09. The molecule has 0 aliphatic carbocycles. The van der Waals surface area contributed by atoms with Crippen molar-refractivity contribution in [1.82, 2.24) is 20.5 Å². The number of halogens is 2. The first-order chi connectivity index (χ1) is 9.16. The second kappa shape index (κ2) is 6.81. The molecule has 5 nitrogen and oxygen atoms in total. The van der Waals surface area contributed by atoms with E-state index in [9.17, 15) is 4.79 Å². The summed E-state index contributed by atoms with van der Waals surface area (Å²) in [5.41, 5.74) is 0.628. The zero-order valence-electron chi connectivity index (χ0n) is 9.99. The molecule has 0 aliphatic heterocycles. The van der Waals surface area contributed by atoms with Crippen LogP contribution in [-0.2, 0) is 6.42 Å². The van der Waals surface area contributed by atoms with Crippen LogP contribution in [0.4, 0.5) is 0 Å². The second-order valence-corrected chi connectivity index (χ2v) is 5.69. The van der Waals surface area contributed by atoms with Crippen LogP contribution in [0.15, 0.2) is 33.5 Å². The lowest BCUT2D eigenvalue weighted by Crippen LogP contribution is -2.25. The van der Waals surface area contributed by atoms with Crippen LogP contribution in [0.2, 0.25) is 0 Å². The molecule has 1 heterocycles. The van der Waals surface area contributed by atoms with Crippen molar-refractivity contribution < 1.29 is 4.79 Å². The number of aromatic amines is 1. The van der Waals surface area contributed by atoms with Crippen LogP contribution in [0.5, 0.6) is 0 Å². The van der Waals surface area contributed by atoms with Crippen LogP contribution < -0.4 is 5.32 Å². The molecule has 100 valence electrons. The number of hydrogen-bond donors (Lipinski definition) is 2. The predicted molar refractivity (Wildman–Crippen MR) is 78.9 cm³/mol. The van der Waals surface area contributed by atoms with Gasteiger partial charge in [-0.3, -0.25) is 9.89 Å². The third-order valence-electron chi connectivity index (χ3n) is 2.52. The van der Waals surface area contributed by atoms with Crippen LogP contribution in [-0.4, -0.2) is 27.6 Å². The Labute approximate surface area is 127 Å². The summed E-state index contributed by atoms with van der Waals surface area (Å²) in [5, 5.41) is 9.43. The van der Waals surface area contributed by atoms with Crippen molar-refractivity contribution in [2.45, 2.75) is 12.8 Å². The van der Waals surface area contributed by atoms with E-state index in [1.807, 2.05) is 12.1 Å². The van der Waals surface area contributed by atoms with Crippen LogP contribution in [0, 0.1) is 0 Å². The molecule has 1 aromatic heterocycles. The normalized spacial score (nSPS) is 10.4. The quantitative estimate of drug-likeness (QED) is 0.775. The number of amides is 1. The Balaban J connectivity index is 1.81. The van der Waals surface area contributed by atoms with E-state index in [2.05, 4.69) is 52.4 Å². The van der Waals surface area contributed by atoms with Gasteiger partial charge in [0.2, 0.25) is 0 Å². The minimum absolute atomic E-state index is 0.0862. The van der Waals surface area contributed by atoms with E-state index in [4.69, 9.17) is 0 Å². The van der Waals surface area contributed by atoms with Crippen molar-refractivity contribution in [3.63, 3.8) is 0 Å².